The van der Waals surface area contributed by atoms with Crippen LogP contribution < -0.4 is 9.64 Å². The Balaban J connectivity index is 1.43. The van der Waals surface area contributed by atoms with Gasteiger partial charge in [-0.15, -0.1) is 0 Å². The van der Waals surface area contributed by atoms with Gasteiger partial charge in [0.25, 0.3) is 5.91 Å². The van der Waals surface area contributed by atoms with E-state index in [1.54, 1.807) is 42.4 Å². The minimum Gasteiger partial charge on any atom is -0.489 e. The van der Waals surface area contributed by atoms with Crippen LogP contribution in [-0.4, -0.2) is 57.1 Å². The lowest BCUT2D eigenvalue weighted by molar-refractivity contribution is 0.0992. The summed E-state index contributed by atoms with van der Waals surface area (Å²) in [6, 6.07) is 10.6. The number of likely N-dealkylation sites (tertiary alicyclic amines) is 1. The second-order valence-electron chi connectivity index (χ2n) is 9.26. The third-order valence-electron chi connectivity index (χ3n) is 5.99. The second-order valence-corrected chi connectivity index (χ2v) is 9.26. The lowest BCUT2D eigenvalue weighted by Gasteiger charge is -2.32. The first-order chi connectivity index (χ1) is 15.1. The first kappa shape index (κ1) is 21.7. The van der Waals surface area contributed by atoms with Crippen molar-refractivity contribution in [2.24, 2.45) is 5.41 Å². The van der Waals surface area contributed by atoms with Crippen LogP contribution in [-0.2, 0) is 0 Å². The highest BCUT2D eigenvalue weighted by Crippen LogP contribution is 2.34. The number of carbonyl (C=O) groups is 2. The number of benzene rings is 1. The van der Waals surface area contributed by atoms with Gasteiger partial charge in [0.1, 0.15) is 17.5 Å². The van der Waals surface area contributed by atoms with E-state index in [1.807, 2.05) is 49.7 Å². The first-order valence-electron chi connectivity index (χ1n) is 10.6. The molecule has 1 N–H and O–H groups in total. The van der Waals surface area contributed by atoms with Gasteiger partial charge in [-0.25, -0.2) is 9.78 Å². The number of amides is 2. The molecule has 2 amide bonds. The number of hydrogen-bond donors (Lipinski definition) is 1. The number of rotatable bonds is 4. The van der Waals surface area contributed by atoms with Gasteiger partial charge >= 0.3 is 6.09 Å². The van der Waals surface area contributed by atoms with E-state index in [2.05, 4.69) is 4.98 Å². The normalized spacial score (nSPS) is 18.7. The summed E-state index contributed by atoms with van der Waals surface area (Å²) in [5, 5.41) is 9.54. The van der Waals surface area contributed by atoms with Gasteiger partial charge in [0.2, 0.25) is 0 Å². The van der Waals surface area contributed by atoms with Crippen molar-refractivity contribution in [3.63, 3.8) is 0 Å². The van der Waals surface area contributed by atoms with Crippen molar-refractivity contribution >= 4 is 23.3 Å². The van der Waals surface area contributed by atoms with Crippen LogP contribution in [0.15, 0.2) is 55.0 Å². The topological polar surface area (TPSA) is 87.4 Å². The van der Waals surface area contributed by atoms with E-state index in [9.17, 15) is 14.7 Å². The predicted octanol–water partition coefficient (Wildman–Crippen LogP) is 4.16. The number of fused-ring (bicyclic) bond motifs is 1. The molecule has 0 spiro atoms. The quantitative estimate of drug-likeness (QED) is 0.664. The Morgan fingerprint density at radius 2 is 1.88 bits per heavy atom. The highest BCUT2D eigenvalue weighted by Gasteiger charge is 2.42. The van der Waals surface area contributed by atoms with E-state index in [4.69, 9.17) is 4.74 Å². The number of ether oxygens (including phenoxy) is 1. The number of pyridine rings is 1. The number of carbonyl (C=O) groups excluding carboxylic acids is 1. The predicted molar refractivity (Wildman–Crippen MR) is 121 cm³/mol. The molecule has 2 atom stereocenters. The molecule has 0 radical (unpaired) electrons. The molecule has 0 saturated carbocycles. The summed E-state index contributed by atoms with van der Waals surface area (Å²) in [5.41, 5.74) is 1.89. The van der Waals surface area contributed by atoms with E-state index in [-0.39, 0.29) is 23.5 Å². The zero-order valence-corrected chi connectivity index (χ0v) is 18.7. The molecule has 0 aliphatic carbocycles. The Bertz CT molecular complexity index is 1130. The number of imidazole rings is 1. The molecule has 1 aliphatic rings. The summed E-state index contributed by atoms with van der Waals surface area (Å²) in [7, 11) is 1.73. The van der Waals surface area contributed by atoms with Crippen molar-refractivity contribution in [1.29, 1.82) is 0 Å². The Labute approximate surface area is 187 Å². The highest BCUT2D eigenvalue weighted by molar-refractivity contribution is 6.05. The molecule has 4 rings (SSSR count). The van der Waals surface area contributed by atoms with Crippen LogP contribution in [0.2, 0.25) is 0 Å². The summed E-state index contributed by atoms with van der Waals surface area (Å²) >= 11 is 0. The molecule has 8 heteroatoms. The van der Waals surface area contributed by atoms with Crippen molar-refractivity contribution < 1.29 is 19.4 Å². The SMILES string of the molecule is CN(C(=O)c1ccc(OC2CC(C(C)(C)C)N(C(=O)O)C2)cc1)c1ccn2ccnc2c1. The van der Waals surface area contributed by atoms with Gasteiger partial charge < -0.3 is 24.0 Å². The van der Waals surface area contributed by atoms with Crippen LogP contribution in [0, 0.1) is 5.41 Å². The third-order valence-corrected chi connectivity index (χ3v) is 5.99. The van der Waals surface area contributed by atoms with Crippen LogP contribution in [0.3, 0.4) is 0 Å². The van der Waals surface area contributed by atoms with Crippen LogP contribution in [0.1, 0.15) is 37.6 Å². The molecule has 1 aliphatic heterocycles. The fourth-order valence-corrected chi connectivity index (χ4v) is 4.20. The molecule has 32 heavy (non-hydrogen) atoms. The lowest BCUT2D eigenvalue weighted by atomic mass is 9.85. The molecule has 3 heterocycles. The minimum absolute atomic E-state index is 0.105. The molecule has 2 unspecified atom stereocenters. The molecule has 1 aromatic carbocycles. The zero-order chi connectivity index (χ0) is 23.0. The van der Waals surface area contributed by atoms with Crippen molar-refractivity contribution in [3.8, 4) is 5.75 Å². The average Bonchev–Trinajstić information content (AvgIpc) is 3.39. The summed E-state index contributed by atoms with van der Waals surface area (Å²) in [6.45, 7) is 6.45. The fraction of sp³-hybridized carbons (Fsp3) is 0.375. The molecule has 168 valence electrons. The lowest BCUT2D eigenvalue weighted by Crippen LogP contribution is -2.42. The van der Waals surface area contributed by atoms with E-state index in [0.29, 0.717) is 24.3 Å². The molecule has 3 aromatic rings. The Kier molecular flexibility index (Phi) is 5.54. The molecular formula is C24H28N4O4. The van der Waals surface area contributed by atoms with Crippen molar-refractivity contribution in [1.82, 2.24) is 14.3 Å². The van der Waals surface area contributed by atoms with Crippen LogP contribution in [0.5, 0.6) is 5.75 Å². The highest BCUT2D eigenvalue weighted by atomic mass is 16.5. The summed E-state index contributed by atoms with van der Waals surface area (Å²) < 4.78 is 7.94. The summed E-state index contributed by atoms with van der Waals surface area (Å²) in [6.07, 6.45) is 4.92. The molecular weight excluding hydrogens is 408 g/mol. The smallest absolute Gasteiger partial charge is 0.407 e. The Morgan fingerprint density at radius 1 is 1.16 bits per heavy atom. The van der Waals surface area contributed by atoms with Gasteiger partial charge in [-0.2, -0.15) is 0 Å². The number of hydrogen-bond acceptors (Lipinski definition) is 4. The largest absolute Gasteiger partial charge is 0.489 e. The fourth-order valence-electron chi connectivity index (χ4n) is 4.20. The van der Waals surface area contributed by atoms with E-state index in [0.717, 1.165) is 11.3 Å². The van der Waals surface area contributed by atoms with Gasteiger partial charge in [-0.3, -0.25) is 4.79 Å². The molecule has 1 fully saturated rings. The Morgan fingerprint density at radius 3 is 2.50 bits per heavy atom. The number of aromatic nitrogens is 2. The van der Waals surface area contributed by atoms with Gasteiger partial charge in [0, 0.05) is 55.4 Å². The maximum absolute atomic E-state index is 12.9. The first-order valence-corrected chi connectivity index (χ1v) is 10.6. The van der Waals surface area contributed by atoms with Crippen LogP contribution in [0.25, 0.3) is 5.65 Å². The van der Waals surface area contributed by atoms with Crippen molar-refractivity contribution in [3.05, 3.63) is 60.6 Å². The second kappa shape index (κ2) is 8.18. The summed E-state index contributed by atoms with van der Waals surface area (Å²) in [4.78, 5) is 31.9. The van der Waals surface area contributed by atoms with Crippen LogP contribution >= 0.6 is 0 Å². The third kappa shape index (κ3) is 4.26. The van der Waals surface area contributed by atoms with E-state index < -0.39 is 6.09 Å². The van der Waals surface area contributed by atoms with Crippen molar-refractivity contribution in [2.45, 2.75) is 39.3 Å². The van der Waals surface area contributed by atoms with Gasteiger partial charge in [-0.05, 0) is 35.7 Å². The van der Waals surface area contributed by atoms with Gasteiger partial charge in [0.05, 0.1) is 6.54 Å². The monoisotopic (exact) mass is 436 g/mol. The number of carboxylic acid groups (broad SMARTS) is 1. The standard InChI is InChI=1S/C24H28N4O4/c1-24(2,3)20-14-19(15-28(20)23(30)31)32-18-7-5-16(6-8-18)22(29)26(4)17-9-11-27-12-10-25-21(27)13-17/h5-13,19-20H,14-15H2,1-4H3,(H,30,31). The zero-order valence-electron chi connectivity index (χ0n) is 18.7. The molecule has 2 aromatic heterocycles. The maximum Gasteiger partial charge on any atom is 0.407 e. The van der Waals surface area contributed by atoms with Crippen molar-refractivity contribution in [2.75, 3.05) is 18.5 Å². The Hall–Kier alpha value is -3.55. The number of nitrogens with zero attached hydrogens (tertiary/aromatic N) is 4. The molecule has 8 nitrogen and oxygen atoms in total. The minimum atomic E-state index is -0.923. The maximum atomic E-state index is 12.9. The van der Waals surface area contributed by atoms with Gasteiger partial charge in [0.15, 0.2) is 0 Å². The van der Waals surface area contributed by atoms with Gasteiger partial charge in [-0.1, -0.05) is 20.8 Å². The van der Waals surface area contributed by atoms with Crippen LogP contribution in [0.4, 0.5) is 10.5 Å². The molecule has 0 bridgehead atoms. The molecule has 1 saturated heterocycles. The average molecular weight is 437 g/mol. The van der Waals surface area contributed by atoms with E-state index in [1.165, 1.54) is 4.90 Å². The summed E-state index contributed by atoms with van der Waals surface area (Å²) in [5.74, 6) is 0.478. The van der Waals surface area contributed by atoms with E-state index >= 15 is 0 Å². The number of anilines is 1.